The normalized spacial score (nSPS) is 18.5. The van der Waals surface area contributed by atoms with Crippen molar-refractivity contribution in [2.24, 2.45) is 11.3 Å². The van der Waals surface area contributed by atoms with Crippen LogP contribution in [0.4, 0.5) is 4.79 Å². The standard InChI is InChI=1S/C11H18N2O3.Na/c1-4-11(6-5-7(2)3)8(14)12-10(16)13-9(11)15;/h7H,4-6H2,1-3H3,(H2,12,13,14,15,16);. The van der Waals surface area contributed by atoms with E-state index in [1.807, 2.05) is 13.8 Å². The predicted molar refractivity (Wildman–Crippen MR) is 64.2 cm³/mol. The van der Waals surface area contributed by atoms with Crippen LogP contribution >= 0.6 is 0 Å². The van der Waals surface area contributed by atoms with Crippen LogP contribution in [-0.4, -0.2) is 47.4 Å². The van der Waals surface area contributed by atoms with Gasteiger partial charge in [-0.25, -0.2) is 4.79 Å². The second kappa shape index (κ2) is 6.52. The number of urea groups is 1. The molecule has 1 rings (SSSR count). The molecule has 1 aliphatic rings. The molecular formula is C11H18N2NaO3. The second-order valence-corrected chi connectivity index (χ2v) is 4.61. The smallest absolute Gasteiger partial charge is 0.277 e. The van der Waals surface area contributed by atoms with Crippen molar-refractivity contribution in [1.29, 1.82) is 0 Å². The zero-order valence-corrected chi connectivity index (χ0v) is 12.9. The van der Waals surface area contributed by atoms with E-state index in [1.165, 1.54) is 0 Å². The maximum Gasteiger partial charge on any atom is 0.328 e. The summed E-state index contributed by atoms with van der Waals surface area (Å²) >= 11 is 0. The number of barbiturate groups is 1. The van der Waals surface area contributed by atoms with E-state index in [9.17, 15) is 14.4 Å². The zero-order chi connectivity index (χ0) is 12.3. The Morgan fingerprint density at radius 2 is 1.59 bits per heavy atom. The number of hydrogen-bond donors (Lipinski definition) is 2. The van der Waals surface area contributed by atoms with Crippen LogP contribution in [0.2, 0.25) is 0 Å². The van der Waals surface area contributed by atoms with Gasteiger partial charge in [-0.05, 0) is 25.2 Å². The first-order valence-electron chi connectivity index (χ1n) is 5.59. The second-order valence-electron chi connectivity index (χ2n) is 4.61. The van der Waals surface area contributed by atoms with Crippen molar-refractivity contribution in [2.45, 2.75) is 40.0 Å². The predicted octanol–water partition coefficient (Wildman–Crippen LogP) is 0.804. The minimum Gasteiger partial charge on any atom is -0.277 e. The summed E-state index contributed by atoms with van der Waals surface area (Å²) in [6.45, 7) is 5.86. The van der Waals surface area contributed by atoms with Crippen molar-refractivity contribution in [3.8, 4) is 0 Å². The minimum absolute atomic E-state index is 0. The molecule has 1 aliphatic heterocycles. The fourth-order valence-electron chi connectivity index (χ4n) is 1.84. The molecule has 1 saturated heterocycles. The molecule has 0 spiro atoms. The van der Waals surface area contributed by atoms with Crippen LogP contribution in [-0.2, 0) is 9.59 Å². The average molecular weight is 249 g/mol. The van der Waals surface area contributed by atoms with Crippen LogP contribution in [0.5, 0.6) is 0 Å². The van der Waals surface area contributed by atoms with Gasteiger partial charge in [0.15, 0.2) is 0 Å². The third-order valence-corrected chi connectivity index (χ3v) is 3.08. The van der Waals surface area contributed by atoms with Crippen molar-refractivity contribution in [3.05, 3.63) is 0 Å². The Balaban J connectivity index is 0.00000256. The van der Waals surface area contributed by atoms with Gasteiger partial charge in [-0.15, -0.1) is 0 Å². The van der Waals surface area contributed by atoms with Gasteiger partial charge in [0.2, 0.25) is 11.8 Å². The average Bonchev–Trinajstić information content (AvgIpc) is 2.17. The van der Waals surface area contributed by atoms with Gasteiger partial charge in [-0.1, -0.05) is 20.8 Å². The van der Waals surface area contributed by atoms with E-state index in [-0.39, 0.29) is 29.6 Å². The molecule has 1 heterocycles. The number of carbonyl (C=O) groups excluding carboxylic acids is 3. The van der Waals surface area contributed by atoms with Gasteiger partial charge >= 0.3 is 6.03 Å². The van der Waals surface area contributed by atoms with E-state index in [0.29, 0.717) is 18.8 Å². The molecule has 1 radical (unpaired) electrons. The third kappa shape index (κ3) is 3.53. The molecule has 0 atom stereocenters. The first-order valence-corrected chi connectivity index (χ1v) is 5.59. The molecule has 4 amide bonds. The van der Waals surface area contributed by atoms with Crippen molar-refractivity contribution < 1.29 is 14.4 Å². The van der Waals surface area contributed by atoms with E-state index in [1.54, 1.807) is 6.92 Å². The summed E-state index contributed by atoms with van der Waals surface area (Å²) < 4.78 is 0. The Morgan fingerprint density at radius 3 is 1.94 bits per heavy atom. The number of rotatable bonds is 4. The first kappa shape index (κ1) is 16.6. The molecule has 0 bridgehead atoms. The summed E-state index contributed by atoms with van der Waals surface area (Å²) in [6.07, 6.45) is 1.67. The number of imide groups is 2. The molecule has 0 unspecified atom stereocenters. The van der Waals surface area contributed by atoms with Crippen LogP contribution in [0.25, 0.3) is 0 Å². The Labute approximate surface area is 123 Å². The molecule has 0 aromatic rings. The van der Waals surface area contributed by atoms with Crippen LogP contribution in [0.3, 0.4) is 0 Å². The molecule has 1 fully saturated rings. The van der Waals surface area contributed by atoms with E-state index < -0.39 is 23.3 Å². The van der Waals surface area contributed by atoms with Crippen molar-refractivity contribution in [3.63, 3.8) is 0 Å². The molecule has 0 aliphatic carbocycles. The summed E-state index contributed by atoms with van der Waals surface area (Å²) in [5, 5.41) is 4.33. The Hall–Kier alpha value is -0.390. The molecule has 0 saturated carbocycles. The summed E-state index contributed by atoms with van der Waals surface area (Å²) in [7, 11) is 0. The van der Waals surface area contributed by atoms with Gasteiger partial charge < -0.3 is 0 Å². The molecule has 91 valence electrons. The number of carbonyl (C=O) groups is 3. The van der Waals surface area contributed by atoms with E-state index in [4.69, 9.17) is 0 Å². The van der Waals surface area contributed by atoms with Gasteiger partial charge in [-0.3, -0.25) is 20.2 Å². The van der Waals surface area contributed by atoms with Crippen molar-refractivity contribution in [2.75, 3.05) is 0 Å². The molecule has 2 N–H and O–H groups in total. The Bertz CT molecular complexity index is 309. The van der Waals surface area contributed by atoms with Gasteiger partial charge in [0.05, 0.1) is 0 Å². The number of hydrogen-bond acceptors (Lipinski definition) is 3. The fraction of sp³-hybridized carbons (Fsp3) is 0.727. The quantitative estimate of drug-likeness (QED) is 0.571. The van der Waals surface area contributed by atoms with Crippen LogP contribution < -0.4 is 10.6 Å². The van der Waals surface area contributed by atoms with Crippen molar-refractivity contribution >= 4 is 47.4 Å². The third-order valence-electron chi connectivity index (χ3n) is 3.08. The van der Waals surface area contributed by atoms with E-state index >= 15 is 0 Å². The SMILES string of the molecule is CCC1(CCC(C)C)C(=O)NC(=O)NC1=O.[Na]. The molecule has 0 aromatic heterocycles. The topological polar surface area (TPSA) is 75.3 Å². The van der Waals surface area contributed by atoms with Gasteiger partial charge in [0.25, 0.3) is 0 Å². The summed E-state index contributed by atoms with van der Waals surface area (Å²) in [5.41, 5.74) is -1.07. The van der Waals surface area contributed by atoms with Gasteiger partial charge in [0, 0.05) is 29.6 Å². The van der Waals surface area contributed by atoms with Gasteiger partial charge in [0.1, 0.15) is 5.41 Å². The number of nitrogens with one attached hydrogen (secondary N) is 2. The largest absolute Gasteiger partial charge is 0.328 e. The molecule has 17 heavy (non-hydrogen) atoms. The van der Waals surface area contributed by atoms with Crippen LogP contribution in [0, 0.1) is 11.3 Å². The number of amides is 4. The monoisotopic (exact) mass is 249 g/mol. The fourth-order valence-corrected chi connectivity index (χ4v) is 1.84. The molecule has 6 heteroatoms. The summed E-state index contributed by atoms with van der Waals surface area (Å²) in [5.74, 6) is -0.518. The molecule has 5 nitrogen and oxygen atoms in total. The Kier molecular flexibility index (Phi) is 6.37. The summed E-state index contributed by atoms with van der Waals surface area (Å²) in [4.78, 5) is 34.5. The maximum atomic E-state index is 11.8. The van der Waals surface area contributed by atoms with E-state index in [0.717, 1.165) is 6.42 Å². The van der Waals surface area contributed by atoms with Crippen molar-refractivity contribution in [1.82, 2.24) is 10.6 Å². The molecular weight excluding hydrogens is 231 g/mol. The van der Waals surface area contributed by atoms with Crippen LogP contribution in [0.15, 0.2) is 0 Å². The van der Waals surface area contributed by atoms with Gasteiger partial charge in [-0.2, -0.15) is 0 Å². The van der Waals surface area contributed by atoms with E-state index in [2.05, 4.69) is 10.6 Å². The Morgan fingerprint density at radius 1 is 1.12 bits per heavy atom. The van der Waals surface area contributed by atoms with Crippen LogP contribution in [0.1, 0.15) is 40.0 Å². The minimum atomic E-state index is -1.07. The maximum absolute atomic E-state index is 11.8. The zero-order valence-electron chi connectivity index (χ0n) is 10.9. The molecule has 0 aromatic carbocycles. The first-order chi connectivity index (χ1) is 7.42. The summed E-state index contributed by atoms with van der Waals surface area (Å²) in [6, 6.07) is -0.719.